The van der Waals surface area contributed by atoms with Crippen molar-refractivity contribution >= 4 is 0 Å². The summed E-state index contributed by atoms with van der Waals surface area (Å²) in [5.41, 5.74) is 0. The topological polar surface area (TPSA) is 28.4 Å². The van der Waals surface area contributed by atoms with Crippen LogP contribution >= 0.6 is 0 Å². The molecule has 90 valence electrons. The van der Waals surface area contributed by atoms with E-state index in [0.717, 1.165) is 31.4 Å². The van der Waals surface area contributed by atoms with Crippen LogP contribution in [0.3, 0.4) is 0 Å². The van der Waals surface area contributed by atoms with E-state index in [1.807, 2.05) is 6.07 Å². The van der Waals surface area contributed by atoms with Gasteiger partial charge in [0.15, 0.2) is 0 Å². The Bertz CT molecular complexity index is 291. The lowest BCUT2D eigenvalue weighted by atomic mass is 10.3. The van der Waals surface area contributed by atoms with E-state index in [1.54, 1.807) is 6.26 Å². The highest BCUT2D eigenvalue weighted by Gasteiger charge is 2.28. The fourth-order valence-electron chi connectivity index (χ4n) is 1.93. The average molecular weight is 222 g/mol. The molecule has 1 aromatic heterocycles. The maximum atomic E-state index is 5.41. The molecule has 2 rings (SSSR count). The second-order valence-electron chi connectivity index (χ2n) is 4.89. The molecule has 0 spiro atoms. The third kappa shape index (κ3) is 3.65. The molecule has 0 aromatic carbocycles. The van der Waals surface area contributed by atoms with Crippen LogP contribution in [0.4, 0.5) is 0 Å². The van der Waals surface area contributed by atoms with Crippen molar-refractivity contribution in [3.05, 3.63) is 24.2 Å². The predicted molar refractivity (Wildman–Crippen MR) is 65.3 cm³/mol. The second-order valence-corrected chi connectivity index (χ2v) is 4.89. The van der Waals surface area contributed by atoms with Gasteiger partial charge in [-0.2, -0.15) is 0 Å². The lowest BCUT2D eigenvalue weighted by Gasteiger charge is -2.21. The highest BCUT2D eigenvalue weighted by atomic mass is 16.3. The molecule has 0 saturated heterocycles. The summed E-state index contributed by atoms with van der Waals surface area (Å²) >= 11 is 0. The highest BCUT2D eigenvalue weighted by molar-refractivity contribution is 4.99. The first-order valence-electron chi connectivity index (χ1n) is 6.25. The Kier molecular flexibility index (Phi) is 4.02. The summed E-state index contributed by atoms with van der Waals surface area (Å²) in [6, 6.07) is 5.39. The van der Waals surface area contributed by atoms with Gasteiger partial charge >= 0.3 is 0 Å². The van der Waals surface area contributed by atoms with Gasteiger partial charge in [-0.1, -0.05) is 13.8 Å². The number of nitrogens with zero attached hydrogens (tertiary/aromatic N) is 1. The van der Waals surface area contributed by atoms with Gasteiger partial charge in [0.2, 0.25) is 0 Å². The fourth-order valence-corrected chi connectivity index (χ4v) is 1.93. The van der Waals surface area contributed by atoms with Crippen molar-refractivity contribution in [2.75, 3.05) is 13.1 Å². The maximum absolute atomic E-state index is 5.41. The summed E-state index contributed by atoms with van der Waals surface area (Å²) in [4.78, 5) is 2.52. The summed E-state index contributed by atoms with van der Waals surface area (Å²) < 4.78 is 5.41. The van der Waals surface area contributed by atoms with E-state index in [1.165, 1.54) is 12.8 Å². The zero-order valence-corrected chi connectivity index (χ0v) is 10.3. The van der Waals surface area contributed by atoms with Crippen molar-refractivity contribution in [1.29, 1.82) is 0 Å². The first-order chi connectivity index (χ1) is 7.75. The Labute approximate surface area is 97.8 Å². The van der Waals surface area contributed by atoms with Gasteiger partial charge in [-0.25, -0.2) is 0 Å². The van der Waals surface area contributed by atoms with E-state index < -0.39 is 0 Å². The highest BCUT2D eigenvalue weighted by Crippen LogP contribution is 2.27. The van der Waals surface area contributed by atoms with Crippen LogP contribution < -0.4 is 5.32 Å². The summed E-state index contributed by atoms with van der Waals surface area (Å²) in [7, 11) is 0. The zero-order chi connectivity index (χ0) is 11.4. The van der Waals surface area contributed by atoms with Crippen molar-refractivity contribution in [2.45, 2.75) is 45.3 Å². The largest absolute Gasteiger partial charge is 0.468 e. The molecule has 0 atom stereocenters. The Morgan fingerprint density at radius 1 is 1.50 bits per heavy atom. The third-order valence-corrected chi connectivity index (χ3v) is 2.95. The van der Waals surface area contributed by atoms with Crippen LogP contribution in [0.2, 0.25) is 0 Å². The number of hydrogen-bond donors (Lipinski definition) is 1. The van der Waals surface area contributed by atoms with Crippen molar-refractivity contribution in [1.82, 2.24) is 10.2 Å². The normalized spacial score (nSPS) is 16.2. The van der Waals surface area contributed by atoms with Crippen molar-refractivity contribution < 1.29 is 4.42 Å². The van der Waals surface area contributed by atoms with Crippen molar-refractivity contribution in [3.8, 4) is 0 Å². The first-order valence-corrected chi connectivity index (χ1v) is 6.25. The van der Waals surface area contributed by atoms with Crippen LogP contribution in [0.25, 0.3) is 0 Å². The van der Waals surface area contributed by atoms with Gasteiger partial charge in [0.25, 0.3) is 0 Å². The van der Waals surface area contributed by atoms with E-state index in [-0.39, 0.29) is 0 Å². The van der Waals surface area contributed by atoms with E-state index in [9.17, 15) is 0 Å². The van der Waals surface area contributed by atoms with E-state index >= 15 is 0 Å². The molecule has 0 unspecified atom stereocenters. The van der Waals surface area contributed by atoms with Crippen molar-refractivity contribution in [2.24, 2.45) is 0 Å². The molecule has 1 aliphatic carbocycles. The molecule has 0 aliphatic heterocycles. The van der Waals surface area contributed by atoms with Crippen molar-refractivity contribution in [3.63, 3.8) is 0 Å². The molecule has 0 radical (unpaired) electrons. The van der Waals surface area contributed by atoms with Crippen LogP contribution in [0.15, 0.2) is 22.8 Å². The van der Waals surface area contributed by atoms with E-state index in [2.05, 4.69) is 30.1 Å². The third-order valence-electron chi connectivity index (χ3n) is 2.95. The summed E-state index contributed by atoms with van der Waals surface area (Å²) in [6.45, 7) is 7.51. The summed E-state index contributed by atoms with van der Waals surface area (Å²) in [5.74, 6) is 1.08. The van der Waals surface area contributed by atoms with Gasteiger partial charge in [-0.05, 0) is 25.0 Å². The van der Waals surface area contributed by atoms with Gasteiger partial charge in [-0.3, -0.25) is 4.90 Å². The maximum Gasteiger partial charge on any atom is 0.117 e. The molecule has 1 N–H and O–H groups in total. The second kappa shape index (κ2) is 5.51. The first kappa shape index (κ1) is 11.7. The molecule has 16 heavy (non-hydrogen) atoms. The van der Waals surface area contributed by atoms with E-state index in [0.29, 0.717) is 6.04 Å². The molecule has 3 nitrogen and oxygen atoms in total. The molecule has 0 amide bonds. The Balaban J connectivity index is 1.76. The fraction of sp³-hybridized carbons (Fsp3) is 0.692. The van der Waals surface area contributed by atoms with Crippen LogP contribution in [0.5, 0.6) is 0 Å². The minimum absolute atomic E-state index is 0.574. The standard InChI is InChI=1S/C13H22N2O/c1-11(2)14-7-8-15(12-5-6-12)10-13-4-3-9-16-13/h3-4,9,11-12,14H,5-8,10H2,1-2H3. The molecule has 3 heteroatoms. The van der Waals surface area contributed by atoms with Gasteiger partial charge in [0.05, 0.1) is 12.8 Å². The quantitative estimate of drug-likeness (QED) is 0.767. The lowest BCUT2D eigenvalue weighted by molar-refractivity contribution is 0.232. The molecule has 1 aliphatic rings. The number of rotatable bonds is 7. The summed E-state index contributed by atoms with van der Waals surface area (Å²) in [5, 5.41) is 3.47. The Hall–Kier alpha value is -0.800. The van der Waals surface area contributed by atoms with Gasteiger partial charge < -0.3 is 9.73 Å². The number of nitrogens with one attached hydrogen (secondary N) is 1. The zero-order valence-electron chi connectivity index (χ0n) is 10.3. The van der Waals surface area contributed by atoms with Crippen LogP contribution in [-0.4, -0.2) is 30.1 Å². The number of furan rings is 1. The molecule has 0 bridgehead atoms. The molecule has 1 aromatic rings. The predicted octanol–water partition coefficient (Wildman–Crippen LogP) is 2.24. The van der Waals surface area contributed by atoms with Crippen LogP contribution in [-0.2, 0) is 6.54 Å². The Morgan fingerprint density at radius 2 is 2.31 bits per heavy atom. The monoisotopic (exact) mass is 222 g/mol. The summed E-state index contributed by atoms with van der Waals surface area (Å²) in [6.07, 6.45) is 4.46. The minimum Gasteiger partial charge on any atom is -0.468 e. The molecule has 1 saturated carbocycles. The molecule has 1 fully saturated rings. The minimum atomic E-state index is 0.574. The SMILES string of the molecule is CC(C)NCCN(Cc1ccco1)C1CC1. The van der Waals surface area contributed by atoms with Crippen LogP contribution in [0, 0.1) is 0 Å². The average Bonchev–Trinajstić information content (AvgIpc) is 2.96. The van der Waals surface area contributed by atoms with Crippen LogP contribution in [0.1, 0.15) is 32.4 Å². The van der Waals surface area contributed by atoms with Gasteiger partial charge in [-0.15, -0.1) is 0 Å². The van der Waals surface area contributed by atoms with E-state index in [4.69, 9.17) is 4.42 Å². The molecular weight excluding hydrogens is 200 g/mol. The molecule has 1 heterocycles. The Morgan fingerprint density at radius 3 is 2.88 bits per heavy atom. The number of hydrogen-bond acceptors (Lipinski definition) is 3. The molecular formula is C13H22N2O. The lowest BCUT2D eigenvalue weighted by Crippen LogP contribution is -2.35. The van der Waals surface area contributed by atoms with Gasteiger partial charge in [0, 0.05) is 25.2 Å². The smallest absolute Gasteiger partial charge is 0.117 e. The van der Waals surface area contributed by atoms with Gasteiger partial charge in [0.1, 0.15) is 5.76 Å².